The molecule has 0 aliphatic rings. The lowest BCUT2D eigenvalue weighted by Crippen LogP contribution is -2.27. The van der Waals surface area contributed by atoms with E-state index in [1.807, 2.05) is 20.8 Å². The summed E-state index contributed by atoms with van der Waals surface area (Å²) in [7, 11) is 0. The minimum Gasteiger partial charge on any atom is -0.443 e. The molecular formula is C13H21BrN2O2. The highest BCUT2D eigenvalue weighted by Gasteiger charge is 2.20. The molecule has 4 nitrogen and oxygen atoms in total. The van der Waals surface area contributed by atoms with Crippen LogP contribution in [0.15, 0.2) is 6.20 Å². The number of rotatable bonds is 4. The summed E-state index contributed by atoms with van der Waals surface area (Å²) in [5.41, 5.74) is 0.366. The second-order valence-corrected chi connectivity index (χ2v) is 5.80. The van der Waals surface area contributed by atoms with Crippen molar-refractivity contribution in [2.45, 2.75) is 57.9 Å². The minimum absolute atomic E-state index is 0.353. The maximum absolute atomic E-state index is 12.1. The molecule has 0 bridgehead atoms. The summed E-state index contributed by atoms with van der Waals surface area (Å²) in [4.78, 5) is 16.5. The van der Waals surface area contributed by atoms with E-state index < -0.39 is 5.60 Å². The molecule has 1 aromatic rings. The van der Waals surface area contributed by atoms with Gasteiger partial charge in [0.1, 0.15) is 11.4 Å². The van der Waals surface area contributed by atoms with Gasteiger partial charge < -0.3 is 4.74 Å². The highest BCUT2D eigenvalue weighted by atomic mass is 79.9. The van der Waals surface area contributed by atoms with Crippen LogP contribution in [0.1, 0.15) is 52.1 Å². The summed E-state index contributed by atoms with van der Waals surface area (Å²) in [5.74, 6) is 0.778. The first kappa shape index (κ1) is 15.2. The zero-order chi connectivity index (χ0) is 13.8. The summed E-state index contributed by atoms with van der Waals surface area (Å²) in [6.07, 6.45) is 4.27. The minimum atomic E-state index is -0.488. The molecule has 0 N–H and O–H groups in total. The molecule has 0 radical (unpaired) electrons. The van der Waals surface area contributed by atoms with Crippen molar-refractivity contribution in [3.8, 4) is 0 Å². The normalized spacial score (nSPS) is 11.6. The highest BCUT2D eigenvalue weighted by molar-refractivity contribution is 9.08. The van der Waals surface area contributed by atoms with Gasteiger partial charge in [0.15, 0.2) is 0 Å². The van der Waals surface area contributed by atoms with Crippen molar-refractivity contribution in [1.82, 2.24) is 9.55 Å². The SMILES string of the molecule is CCCCc1nc(CBr)cn1C(=O)OC(C)(C)C. The zero-order valence-electron chi connectivity index (χ0n) is 11.5. The van der Waals surface area contributed by atoms with E-state index in [0.717, 1.165) is 30.8 Å². The lowest BCUT2D eigenvalue weighted by molar-refractivity contribution is 0.0531. The van der Waals surface area contributed by atoms with Gasteiger partial charge in [-0.2, -0.15) is 0 Å². The number of unbranched alkanes of at least 4 members (excludes halogenated alkanes) is 1. The van der Waals surface area contributed by atoms with E-state index >= 15 is 0 Å². The van der Waals surface area contributed by atoms with Gasteiger partial charge in [-0.1, -0.05) is 29.3 Å². The average molecular weight is 317 g/mol. The summed E-state index contributed by atoms with van der Waals surface area (Å²) >= 11 is 3.36. The Hall–Kier alpha value is -0.840. The first-order valence-electron chi connectivity index (χ1n) is 6.24. The molecule has 0 fully saturated rings. The van der Waals surface area contributed by atoms with Gasteiger partial charge in [0, 0.05) is 17.9 Å². The van der Waals surface area contributed by atoms with Crippen LogP contribution in [-0.4, -0.2) is 21.2 Å². The fourth-order valence-electron chi connectivity index (χ4n) is 1.52. The van der Waals surface area contributed by atoms with Crippen LogP contribution in [0.25, 0.3) is 0 Å². The van der Waals surface area contributed by atoms with Crippen LogP contribution >= 0.6 is 15.9 Å². The van der Waals surface area contributed by atoms with Gasteiger partial charge in [-0.3, -0.25) is 0 Å². The molecule has 0 saturated carbocycles. The van der Waals surface area contributed by atoms with E-state index in [-0.39, 0.29) is 6.09 Å². The van der Waals surface area contributed by atoms with Crippen molar-refractivity contribution in [2.75, 3.05) is 0 Å². The Bertz CT molecular complexity index is 408. The van der Waals surface area contributed by atoms with E-state index in [2.05, 4.69) is 27.8 Å². The van der Waals surface area contributed by atoms with Crippen LogP contribution in [0.2, 0.25) is 0 Å². The fourth-order valence-corrected chi connectivity index (χ4v) is 1.79. The van der Waals surface area contributed by atoms with E-state index in [9.17, 15) is 4.79 Å². The van der Waals surface area contributed by atoms with Gasteiger partial charge in [0.2, 0.25) is 0 Å². The van der Waals surface area contributed by atoms with Gasteiger partial charge >= 0.3 is 6.09 Å². The number of imidazole rings is 1. The fraction of sp³-hybridized carbons (Fsp3) is 0.692. The van der Waals surface area contributed by atoms with Crippen LogP contribution in [-0.2, 0) is 16.5 Å². The van der Waals surface area contributed by atoms with Gasteiger partial charge in [-0.25, -0.2) is 14.3 Å². The number of carbonyl (C=O) groups excluding carboxylic acids is 1. The predicted octanol–water partition coefficient (Wildman–Crippen LogP) is 3.90. The van der Waals surface area contributed by atoms with Crippen LogP contribution in [0.4, 0.5) is 4.79 Å². The number of aryl methyl sites for hydroxylation is 1. The molecule has 0 unspecified atom stereocenters. The van der Waals surface area contributed by atoms with Crippen LogP contribution in [0.3, 0.4) is 0 Å². The molecule has 0 amide bonds. The summed E-state index contributed by atoms with van der Waals surface area (Å²) in [6, 6.07) is 0. The monoisotopic (exact) mass is 316 g/mol. The van der Waals surface area contributed by atoms with Gasteiger partial charge in [-0.15, -0.1) is 0 Å². The van der Waals surface area contributed by atoms with Crippen molar-refractivity contribution in [3.63, 3.8) is 0 Å². The smallest absolute Gasteiger partial charge is 0.419 e. The average Bonchev–Trinajstić information content (AvgIpc) is 2.67. The summed E-state index contributed by atoms with van der Waals surface area (Å²) in [6.45, 7) is 7.70. The van der Waals surface area contributed by atoms with Crippen molar-refractivity contribution in [1.29, 1.82) is 0 Å². The topological polar surface area (TPSA) is 44.1 Å². The lowest BCUT2D eigenvalue weighted by atomic mass is 10.2. The standard InChI is InChI=1S/C13H21BrN2O2/c1-5-6-7-11-15-10(8-14)9-16(11)12(17)18-13(2,3)4/h9H,5-8H2,1-4H3. The van der Waals surface area contributed by atoms with E-state index in [1.54, 1.807) is 6.20 Å². The zero-order valence-corrected chi connectivity index (χ0v) is 13.1. The molecular weight excluding hydrogens is 296 g/mol. The largest absolute Gasteiger partial charge is 0.443 e. The maximum atomic E-state index is 12.1. The third-order valence-electron chi connectivity index (χ3n) is 2.31. The van der Waals surface area contributed by atoms with Crippen molar-refractivity contribution < 1.29 is 9.53 Å². The molecule has 1 heterocycles. The van der Waals surface area contributed by atoms with Crippen LogP contribution < -0.4 is 0 Å². The van der Waals surface area contributed by atoms with Crippen LogP contribution in [0, 0.1) is 0 Å². The van der Waals surface area contributed by atoms with Gasteiger partial charge in [0.25, 0.3) is 0 Å². The molecule has 0 atom stereocenters. The molecule has 0 saturated heterocycles. The predicted molar refractivity (Wildman–Crippen MR) is 75.1 cm³/mol. The molecule has 0 aliphatic carbocycles. The first-order valence-corrected chi connectivity index (χ1v) is 7.36. The summed E-state index contributed by atoms with van der Waals surface area (Å²) in [5, 5.41) is 0.641. The maximum Gasteiger partial charge on any atom is 0.419 e. The number of hydrogen-bond donors (Lipinski definition) is 0. The quantitative estimate of drug-likeness (QED) is 0.791. The second-order valence-electron chi connectivity index (χ2n) is 5.24. The number of aromatic nitrogens is 2. The van der Waals surface area contributed by atoms with E-state index in [4.69, 9.17) is 4.74 Å². The first-order chi connectivity index (χ1) is 8.37. The van der Waals surface area contributed by atoms with Crippen molar-refractivity contribution in [3.05, 3.63) is 17.7 Å². The lowest BCUT2D eigenvalue weighted by Gasteiger charge is -2.20. The van der Waals surface area contributed by atoms with E-state index in [1.165, 1.54) is 4.57 Å². The number of hydrogen-bond acceptors (Lipinski definition) is 3. The van der Waals surface area contributed by atoms with Gasteiger partial charge in [0.05, 0.1) is 5.69 Å². The molecule has 0 aromatic carbocycles. The Morgan fingerprint density at radius 1 is 1.50 bits per heavy atom. The molecule has 0 aliphatic heterocycles. The van der Waals surface area contributed by atoms with Crippen LogP contribution in [0.5, 0.6) is 0 Å². The Morgan fingerprint density at radius 3 is 2.67 bits per heavy atom. The molecule has 5 heteroatoms. The Labute approximate surface area is 117 Å². The molecule has 1 aromatic heterocycles. The summed E-state index contributed by atoms with van der Waals surface area (Å²) < 4.78 is 6.90. The second kappa shape index (κ2) is 6.36. The third kappa shape index (κ3) is 4.44. The molecule has 0 spiro atoms. The van der Waals surface area contributed by atoms with E-state index in [0.29, 0.717) is 5.33 Å². The number of carbonyl (C=O) groups is 1. The Morgan fingerprint density at radius 2 is 2.17 bits per heavy atom. The van der Waals surface area contributed by atoms with Crippen molar-refractivity contribution in [2.24, 2.45) is 0 Å². The highest BCUT2D eigenvalue weighted by Crippen LogP contribution is 2.14. The number of halogens is 1. The molecule has 18 heavy (non-hydrogen) atoms. The molecule has 1 rings (SSSR count). The third-order valence-corrected chi connectivity index (χ3v) is 2.88. The Balaban J connectivity index is 2.91. The number of nitrogens with zero attached hydrogens (tertiary/aromatic N) is 2. The van der Waals surface area contributed by atoms with Crippen molar-refractivity contribution >= 4 is 22.0 Å². The van der Waals surface area contributed by atoms with Gasteiger partial charge in [-0.05, 0) is 27.2 Å². The number of ether oxygens (including phenoxy) is 1. The number of alkyl halides is 1. The Kier molecular flexibility index (Phi) is 5.38. The molecule has 102 valence electrons.